The van der Waals surface area contributed by atoms with E-state index in [4.69, 9.17) is 4.74 Å². The molecule has 1 unspecified atom stereocenters. The van der Waals surface area contributed by atoms with Gasteiger partial charge in [0.1, 0.15) is 0 Å². The van der Waals surface area contributed by atoms with Crippen molar-refractivity contribution in [1.29, 1.82) is 0 Å². The normalized spacial score (nSPS) is 12.3. The Morgan fingerprint density at radius 1 is 1.73 bits per heavy atom. The molecule has 0 aliphatic heterocycles. The fourth-order valence-electron chi connectivity index (χ4n) is 0.503. The van der Waals surface area contributed by atoms with Gasteiger partial charge >= 0.3 is 5.97 Å². The van der Waals surface area contributed by atoms with Gasteiger partial charge < -0.3 is 4.74 Å². The van der Waals surface area contributed by atoms with Gasteiger partial charge in [-0.25, -0.2) is 4.79 Å². The molecule has 0 fully saturated rings. The topological polar surface area (TPSA) is 26.3 Å². The third-order valence-corrected chi connectivity index (χ3v) is 1.98. The average Bonchev–Trinajstić information content (AvgIpc) is 1.87. The second-order valence-electron chi connectivity index (χ2n) is 2.38. The van der Waals surface area contributed by atoms with Crippen molar-refractivity contribution >= 4 is 28.6 Å². The van der Waals surface area contributed by atoms with Crippen LogP contribution in [-0.4, -0.2) is 10.1 Å². The number of ether oxygens (including phenoxy) is 1. The Morgan fingerprint density at radius 3 is 2.64 bits per heavy atom. The Kier molecular flexibility index (Phi) is 5.54. The summed E-state index contributed by atoms with van der Waals surface area (Å²) in [6.07, 6.45) is 1.93. The SMILES string of the molecule is C=C(C)C(=O)OC(I)CCC. The van der Waals surface area contributed by atoms with Crippen molar-refractivity contribution < 1.29 is 9.53 Å². The van der Waals surface area contributed by atoms with E-state index >= 15 is 0 Å². The molecule has 0 N–H and O–H groups in total. The van der Waals surface area contributed by atoms with E-state index in [2.05, 4.69) is 36.1 Å². The molecular formula is C8H13IO2. The molecule has 0 aromatic rings. The van der Waals surface area contributed by atoms with Crippen molar-refractivity contribution in [3.8, 4) is 0 Å². The molecule has 3 heteroatoms. The highest BCUT2D eigenvalue weighted by Gasteiger charge is 2.09. The van der Waals surface area contributed by atoms with Crippen LogP contribution in [0.2, 0.25) is 0 Å². The number of rotatable bonds is 4. The zero-order chi connectivity index (χ0) is 8.85. The van der Waals surface area contributed by atoms with Gasteiger partial charge in [-0.3, -0.25) is 0 Å². The number of carbonyl (C=O) groups is 1. The summed E-state index contributed by atoms with van der Waals surface area (Å²) in [5.41, 5.74) is 0.461. The summed E-state index contributed by atoms with van der Waals surface area (Å²) >= 11 is 2.11. The molecule has 0 radical (unpaired) electrons. The second-order valence-corrected chi connectivity index (χ2v) is 3.77. The Morgan fingerprint density at radius 2 is 2.27 bits per heavy atom. The summed E-state index contributed by atoms with van der Waals surface area (Å²) in [5, 5.41) is 0. The van der Waals surface area contributed by atoms with Crippen LogP contribution in [0.25, 0.3) is 0 Å². The molecule has 0 bridgehead atoms. The number of carbonyl (C=O) groups excluding carboxylic acids is 1. The third-order valence-electron chi connectivity index (χ3n) is 1.10. The van der Waals surface area contributed by atoms with Crippen LogP contribution >= 0.6 is 22.6 Å². The van der Waals surface area contributed by atoms with Crippen molar-refractivity contribution in [2.45, 2.75) is 30.8 Å². The molecule has 0 saturated heterocycles. The lowest BCUT2D eigenvalue weighted by Gasteiger charge is -2.09. The monoisotopic (exact) mass is 268 g/mol. The van der Waals surface area contributed by atoms with Crippen LogP contribution in [0, 0.1) is 0 Å². The lowest BCUT2D eigenvalue weighted by atomic mass is 10.3. The average molecular weight is 268 g/mol. The molecule has 64 valence electrons. The molecular weight excluding hydrogens is 255 g/mol. The van der Waals surface area contributed by atoms with Gasteiger partial charge in [0, 0.05) is 5.57 Å². The highest BCUT2D eigenvalue weighted by atomic mass is 127. The summed E-state index contributed by atoms with van der Waals surface area (Å²) in [7, 11) is 0. The van der Waals surface area contributed by atoms with E-state index in [1.165, 1.54) is 0 Å². The predicted octanol–water partition coefficient (Wildman–Crippen LogP) is 2.67. The lowest BCUT2D eigenvalue weighted by Crippen LogP contribution is -2.11. The zero-order valence-corrected chi connectivity index (χ0v) is 9.05. The molecule has 0 aromatic carbocycles. The minimum absolute atomic E-state index is 0.0122. The Balaban J connectivity index is 3.66. The largest absolute Gasteiger partial charge is 0.448 e. The first kappa shape index (κ1) is 10.9. The van der Waals surface area contributed by atoms with Crippen LogP contribution in [0.5, 0.6) is 0 Å². The Hall–Kier alpha value is -0.0600. The van der Waals surface area contributed by atoms with Gasteiger partial charge in [0.25, 0.3) is 0 Å². The van der Waals surface area contributed by atoms with Gasteiger partial charge in [-0.15, -0.1) is 0 Å². The molecule has 0 aliphatic rings. The van der Waals surface area contributed by atoms with Crippen LogP contribution in [0.3, 0.4) is 0 Å². The second kappa shape index (κ2) is 5.57. The molecule has 0 amide bonds. The van der Waals surface area contributed by atoms with Gasteiger partial charge in [0.15, 0.2) is 4.11 Å². The van der Waals surface area contributed by atoms with Crippen LogP contribution < -0.4 is 0 Å². The Labute approximate surface area is 81.1 Å². The fourth-order valence-corrected chi connectivity index (χ4v) is 1.36. The van der Waals surface area contributed by atoms with Gasteiger partial charge in [0.05, 0.1) is 0 Å². The zero-order valence-electron chi connectivity index (χ0n) is 6.89. The summed E-state index contributed by atoms with van der Waals surface area (Å²) < 4.78 is 4.99. The summed E-state index contributed by atoms with van der Waals surface area (Å²) in [6, 6.07) is 0. The van der Waals surface area contributed by atoms with Crippen LogP contribution in [0.1, 0.15) is 26.7 Å². The first-order valence-corrected chi connectivity index (χ1v) is 4.83. The van der Waals surface area contributed by atoms with Gasteiger partial charge in [-0.2, -0.15) is 0 Å². The quantitative estimate of drug-likeness (QED) is 0.339. The molecule has 0 aromatic heterocycles. The maximum absolute atomic E-state index is 10.9. The van der Waals surface area contributed by atoms with E-state index in [1.807, 2.05) is 0 Å². The van der Waals surface area contributed by atoms with E-state index in [1.54, 1.807) is 6.92 Å². The highest BCUT2D eigenvalue weighted by molar-refractivity contribution is 14.1. The first-order chi connectivity index (χ1) is 5.07. The van der Waals surface area contributed by atoms with Crippen molar-refractivity contribution in [1.82, 2.24) is 0 Å². The molecule has 0 saturated carbocycles. The summed E-state index contributed by atoms with van der Waals surface area (Å²) in [6.45, 7) is 7.20. The smallest absolute Gasteiger partial charge is 0.334 e. The highest BCUT2D eigenvalue weighted by Crippen LogP contribution is 2.11. The summed E-state index contributed by atoms with van der Waals surface area (Å²) in [4.78, 5) is 10.9. The lowest BCUT2D eigenvalue weighted by molar-refractivity contribution is -0.139. The molecule has 2 nitrogen and oxygen atoms in total. The molecule has 1 atom stereocenters. The van der Waals surface area contributed by atoms with Crippen molar-refractivity contribution in [2.24, 2.45) is 0 Å². The molecule has 0 spiro atoms. The van der Waals surface area contributed by atoms with Crippen LogP contribution in [0.15, 0.2) is 12.2 Å². The molecule has 0 aliphatic carbocycles. The maximum Gasteiger partial charge on any atom is 0.334 e. The van der Waals surface area contributed by atoms with E-state index in [0.29, 0.717) is 5.57 Å². The number of esters is 1. The number of hydrogen-bond acceptors (Lipinski definition) is 2. The molecule has 0 rings (SSSR count). The van der Waals surface area contributed by atoms with Crippen LogP contribution in [-0.2, 0) is 9.53 Å². The molecule has 11 heavy (non-hydrogen) atoms. The van der Waals surface area contributed by atoms with Gasteiger partial charge in [-0.1, -0.05) is 19.9 Å². The number of halogens is 1. The first-order valence-electron chi connectivity index (χ1n) is 3.58. The van der Waals surface area contributed by atoms with Crippen LogP contribution in [0.4, 0.5) is 0 Å². The standard InChI is InChI=1S/C8H13IO2/c1-4-5-7(9)11-8(10)6(2)3/h7H,2,4-5H2,1,3H3. The fraction of sp³-hybridized carbons (Fsp3) is 0.625. The Bertz CT molecular complexity index is 154. The van der Waals surface area contributed by atoms with Crippen molar-refractivity contribution in [2.75, 3.05) is 0 Å². The van der Waals surface area contributed by atoms with E-state index in [9.17, 15) is 4.79 Å². The molecule has 0 heterocycles. The van der Waals surface area contributed by atoms with Crippen molar-refractivity contribution in [3.63, 3.8) is 0 Å². The van der Waals surface area contributed by atoms with Gasteiger partial charge in [0.2, 0.25) is 0 Å². The van der Waals surface area contributed by atoms with E-state index < -0.39 is 0 Å². The minimum atomic E-state index is -0.294. The van der Waals surface area contributed by atoms with E-state index in [0.717, 1.165) is 12.8 Å². The minimum Gasteiger partial charge on any atom is -0.448 e. The summed E-state index contributed by atoms with van der Waals surface area (Å²) in [5.74, 6) is -0.294. The number of alkyl halides is 1. The third kappa shape index (κ3) is 5.24. The van der Waals surface area contributed by atoms with Gasteiger partial charge in [-0.05, 0) is 35.9 Å². The predicted molar refractivity (Wildman–Crippen MR) is 53.6 cm³/mol. The van der Waals surface area contributed by atoms with Crippen molar-refractivity contribution in [3.05, 3.63) is 12.2 Å². The number of hydrogen-bond donors (Lipinski definition) is 0. The van der Waals surface area contributed by atoms with E-state index in [-0.39, 0.29) is 10.1 Å². The maximum atomic E-state index is 10.9.